The number of halogens is 2. The van der Waals surface area contributed by atoms with Gasteiger partial charge >= 0.3 is 0 Å². The van der Waals surface area contributed by atoms with Crippen molar-refractivity contribution in [1.82, 2.24) is 0 Å². The third kappa shape index (κ3) is 2.65. The summed E-state index contributed by atoms with van der Waals surface area (Å²) in [5.41, 5.74) is 6.04. The number of carbonyl (C=O) groups excluding carboxylic acids is 1. The molecule has 1 aromatic rings. The highest BCUT2D eigenvalue weighted by molar-refractivity contribution is 14.1. The van der Waals surface area contributed by atoms with Crippen LogP contribution in [0.4, 0.5) is 4.39 Å². The van der Waals surface area contributed by atoms with Crippen molar-refractivity contribution in [3.05, 3.63) is 35.1 Å². The van der Waals surface area contributed by atoms with Crippen LogP contribution in [0.1, 0.15) is 26.8 Å². The van der Waals surface area contributed by atoms with Crippen LogP contribution in [0.15, 0.2) is 18.2 Å². The molecule has 0 radical (unpaired) electrons. The Balaban J connectivity index is 3.19. The molecule has 0 aromatic heterocycles. The van der Waals surface area contributed by atoms with Crippen molar-refractivity contribution in [1.29, 1.82) is 0 Å². The Morgan fingerprint density at radius 3 is 2.62 bits per heavy atom. The second-order valence-corrected chi connectivity index (χ2v) is 4.62. The highest BCUT2D eigenvalue weighted by Crippen LogP contribution is 2.23. The molecule has 1 amide bonds. The predicted molar refractivity (Wildman–Crippen MR) is 57.4 cm³/mol. The molecule has 1 unspecified atom stereocenters. The van der Waals surface area contributed by atoms with Crippen LogP contribution in [0, 0.1) is 5.82 Å². The topological polar surface area (TPSA) is 43.1 Å². The van der Waals surface area contributed by atoms with E-state index in [-0.39, 0.29) is 9.49 Å². The van der Waals surface area contributed by atoms with Crippen molar-refractivity contribution in [3.8, 4) is 0 Å². The Kier molecular flexibility index (Phi) is 3.24. The number of alkyl halides is 1. The monoisotopic (exact) mass is 293 g/mol. The molecular weight excluding hydrogens is 284 g/mol. The van der Waals surface area contributed by atoms with Gasteiger partial charge in [0, 0.05) is 9.49 Å². The fourth-order valence-electron chi connectivity index (χ4n) is 0.984. The molecule has 0 fully saturated rings. The summed E-state index contributed by atoms with van der Waals surface area (Å²) in [5.74, 6) is -1.02. The first-order valence-electron chi connectivity index (χ1n) is 3.75. The van der Waals surface area contributed by atoms with Gasteiger partial charge in [-0.05, 0) is 30.7 Å². The minimum absolute atomic E-state index is 0.159. The van der Waals surface area contributed by atoms with E-state index in [0.29, 0.717) is 0 Å². The molecule has 4 heteroatoms. The van der Waals surface area contributed by atoms with E-state index in [2.05, 4.69) is 22.6 Å². The average Bonchev–Trinajstić information content (AvgIpc) is 2.03. The largest absolute Gasteiger partial charge is 0.366 e. The second-order valence-electron chi connectivity index (χ2n) is 2.75. The van der Waals surface area contributed by atoms with Crippen molar-refractivity contribution < 1.29 is 9.18 Å². The van der Waals surface area contributed by atoms with Crippen LogP contribution in [0.2, 0.25) is 0 Å². The van der Waals surface area contributed by atoms with E-state index < -0.39 is 11.7 Å². The molecule has 70 valence electrons. The molecule has 0 heterocycles. The van der Waals surface area contributed by atoms with E-state index in [9.17, 15) is 9.18 Å². The lowest BCUT2D eigenvalue weighted by molar-refractivity contribution is 0.1000. The minimum Gasteiger partial charge on any atom is -0.366 e. The molecule has 0 aliphatic rings. The van der Waals surface area contributed by atoms with Crippen molar-refractivity contribution in [2.45, 2.75) is 10.8 Å². The lowest BCUT2D eigenvalue weighted by Gasteiger charge is -2.05. The third-order valence-corrected chi connectivity index (χ3v) is 2.38. The highest BCUT2D eigenvalue weighted by atomic mass is 127. The maximum Gasteiger partial charge on any atom is 0.248 e. The summed E-state index contributed by atoms with van der Waals surface area (Å²) in [6.45, 7) is 1.92. The Hall–Kier alpha value is -0.650. The molecule has 1 atom stereocenters. The number of benzene rings is 1. The number of hydrogen-bond acceptors (Lipinski definition) is 1. The second kappa shape index (κ2) is 4.04. The normalized spacial score (nSPS) is 12.5. The van der Waals surface area contributed by atoms with Gasteiger partial charge in [-0.3, -0.25) is 4.79 Å². The van der Waals surface area contributed by atoms with Gasteiger partial charge in [-0.1, -0.05) is 22.6 Å². The molecule has 2 nitrogen and oxygen atoms in total. The maximum absolute atomic E-state index is 12.9. The number of rotatable bonds is 2. The van der Waals surface area contributed by atoms with E-state index in [1.165, 1.54) is 6.07 Å². The number of hydrogen-bond donors (Lipinski definition) is 1. The first-order chi connectivity index (χ1) is 6.00. The molecule has 13 heavy (non-hydrogen) atoms. The van der Waals surface area contributed by atoms with Crippen LogP contribution in [-0.4, -0.2) is 5.91 Å². The molecule has 1 aromatic carbocycles. The van der Waals surface area contributed by atoms with Crippen molar-refractivity contribution in [2.75, 3.05) is 0 Å². The maximum atomic E-state index is 12.9. The van der Waals surface area contributed by atoms with Gasteiger partial charge in [0.2, 0.25) is 5.91 Å². The molecule has 0 spiro atoms. The van der Waals surface area contributed by atoms with Crippen LogP contribution in [0.3, 0.4) is 0 Å². The van der Waals surface area contributed by atoms with Crippen LogP contribution >= 0.6 is 22.6 Å². The average molecular weight is 293 g/mol. The summed E-state index contributed by atoms with van der Waals surface area (Å²) in [4.78, 5) is 10.8. The summed E-state index contributed by atoms with van der Waals surface area (Å²) in [5, 5.41) is 0. The number of nitrogens with two attached hydrogens (primary N) is 1. The van der Waals surface area contributed by atoms with Gasteiger partial charge in [0.05, 0.1) is 0 Å². The Morgan fingerprint density at radius 2 is 2.15 bits per heavy atom. The Labute approximate surface area is 89.5 Å². The lowest BCUT2D eigenvalue weighted by atomic mass is 10.1. The lowest BCUT2D eigenvalue weighted by Crippen LogP contribution is -2.11. The smallest absolute Gasteiger partial charge is 0.248 e. The van der Waals surface area contributed by atoms with Gasteiger partial charge in [0.1, 0.15) is 5.82 Å². The van der Waals surface area contributed by atoms with Crippen LogP contribution in [0.25, 0.3) is 0 Å². The van der Waals surface area contributed by atoms with Gasteiger partial charge in [-0.15, -0.1) is 0 Å². The molecule has 0 aliphatic heterocycles. The molecule has 2 N–H and O–H groups in total. The molecular formula is C9H9FINO. The molecule has 0 saturated heterocycles. The van der Waals surface area contributed by atoms with Gasteiger partial charge < -0.3 is 5.73 Å². The first-order valence-corrected chi connectivity index (χ1v) is 4.99. The summed E-state index contributed by atoms with van der Waals surface area (Å²) in [7, 11) is 0. The van der Waals surface area contributed by atoms with Gasteiger partial charge in [0.15, 0.2) is 0 Å². The number of carbonyl (C=O) groups is 1. The van der Waals surface area contributed by atoms with E-state index in [0.717, 1.165) is 11.6 Å². The SMILES string of the molecule is CC(I)c1cc(F)cc(C(N)=O)c1. The van der Waals surface area contributed by atoms with E-state index in [1.807, 2.05) is 6.92 Å². The summed E-state index contributed by atoms with van der Waals surface area (Å²) in [6.07, 6.45) is 0. The minimum atomic E-state index is -0.599. The van der Waals surface area contributed by atoms with Crippen LogP contribution in [-0.2, 0) is 0 Å². The van der Waals surface area contributed by atoms with E-state index in [4.69, 9.17) is 5.73 Å². The Bertz CT molecular complexity index is 338. The van der Waals surface area contributed by atoms with E-state index >= 15 is 0 Å². The fourth-order valence-corrected chi connectivity index (χ4v) is 1.34. The van der Waals surface area contributed by atoms with Gasteiger partial charge in [-0.25, -0.2) is 4.39 Å². The van der Waals surface area contributed by atoms with Crippen LogP contribution in [0.5, 0.6) is 0 Å². The Morgan fingerprint density at radius 1 is 1.54 bits per heavy atom. The quantitative estimate of drug-likeness (QED) is 0.660. The predicted octanol–water partition coefficient (Wildman–Crippen LogP) is 2.42. The zero-order valence-electron chi connectivity index (χ0n) is 7.05. The van der Waals surface area contributed by atoms with Crippen LogP contribution < -0.4 is 5.73 Å². The van der Waals surface area contributed by atoms with E-state index in [1.54, 1.807) is 6.07 Å². The summed E-state index contributed by atoms with van der Waals surface area (Å²) < 4.78 is 13.1. The van der Waals surface area contributed by atoms with Gasteiger partial charge in [-0.2, -0.15) is 0 Å². The molecule has 1 rings (SSSR count). The zero-order chi connectivity index (χ0) is 10.0. The van der Waals surface area contributed by atoms with Crippen molar-refractivity contribution >= 4 is 28.5 Å². The first kappa shape index (κ1) is 10.4. The summed E-state index contributed by atoms with van der Waals surface area (Å²) in [6, 6.07) is 4.16. The number of amides is 1. The molecule has 0 aliphatic carbocycles. The highest BCUT2D eigenvalue weighted by Gasteiger charge is 2.08. The zero-order valence-corrected chi connectivity index (χ0v) is 9.21. The standard InChI is InChI=1S/C9H9FINO/c1-5(11)6-2-7(9(12)13)4-8(10)3-6/h2-5H,1H3,(H2,12,13). The van der Waals surface area contributed by atoms with Crippen molar-refractivity contribution in [3.63, 3.8) is 0 Å². The summed E-state index contributed by atoms with van der Waals surface area (Å²) >= 11 is 2.15. The third-order valence-electron chi connectivity index (χ3n) is 1.66. The van der Waals surface area contributed by atoms with Gasteiger partial charge in [0.25, 0.3) is 0 Å². The number of primary amides is 1. The molecule has 0 saturated carbocycles. The fraction of sp³-hybridized carbons (Fsp3) is 0.222. The van der Waals surface area contributed by atoms with Crippen molar-refractivity contribution in [2.24, 2.45) is 5.73 Å². The molecule has 0 bridgehead atoms.